The van der Waals surface area contributed by atoms with Gasteiger partial charge in [-0.2, -0.15) is 0 Å². The molecule has 2 aromatic rings. The quantitative estimate of drug-likeness (QED) is 0.651. The molecule has 5 nitrogen and oxygen atoms in total. The summed E-state index contributed by atoms with van der Waals surface area (Å²) in [5.41, 5.74) is 3.78. The van der Waals surface area contributed by atoms with E-state index in [2.05, 4.69) is 23.5 Å². The van der Waals surface area contributed by atoms with E-state index >= 15 is 0 Å². The average molecular weight is 467 g/mol. The first-order chi connectivity index (χ1) is 16.1. The van der Waals surface area contributed by atoms with Crippen molar-refractivity contribution in [2.24, 2.45) is 5.92 Å². The molecule has 2 heterocycles. The Balaban J connectivity index is 1.45. The van der Waals surface area contributed by atoms with E-state index in [1.54, 1.807) is 13.4 Å². The van der Waals surface area contributed by atoms with Gasteiger partial charge in [0.25, 0.3) is 0 Å². The molecule has 2 aromatic carbocycles. The summed E-state index contributed by atoms with van der Waals surface area (Å²) in [7, 11) is 1.71. The third-order valence-electron chi connectivity index (χ3n) is 7.14. The molecular formula is C27H31ClN2O3. The summed E-state index contributed by atoms with van der Waals surface area (Å²) in [4.78, 5) is 16.2. The van der Waals surface area contributed by atoms with Crippen molar-refractivity contribution in [1.82, 2.24) is 10.2 Å². The van der Waals surface area contributed by atoms with E-state index in [0.29, 0.717) is 24.7 Å². The molecular weight excluding hydrogens is 436 g/mol. The van der Waals surface area contributed by atoms with Gasteiger partial charge in [-0.05, 0) is 54.6 Å². The Kier molecular flexibility index (Phi) is 6.46. The first kappa shape index (κ1) is 22.5. The Morgan fingerprint density at radius 2 is 2.12 bits per heavy atom. The van der Waals surface area contributed by atoms with Crippen molar-refractivity contribution in [3.05, 3.63) is 76.0 Å². The maximum atomic E-state index is 14.2. The maximum Gasteiger partial charge on any atom is 0.231 e. The maximum absolute atomic E-state index is 14.2. The summed E-state index contributed by atoms with van der Waals surface area (Å²) in [5, 5.41) is 4.15. The first-order valence-electron chi connectivity index (χ1n) is 11.8. The first-order valence-corrected chi connectivity index (χ1v) is 12.2. The third-order valence-corrected chi connectivity index (χ3v) is 7.51. The van der Waals surface area contributed by atoms with Crippen molar-refractivity contribution in [2.75, 3.05) is 26.8 Å². The number of fused-ring (bicyclic) bond motifs is 2. The van der Waals surface area contributed by atoms with Gasteiger partial charge in [0, 0.05) is 43.2 Å². The molecule has 6 heteroatoms. The van der Waals surface area contributed by atoms with Crippen molar-refractivity contribution in [2.45, 2.75) is 43.9 Å². The molecule has 1 saturated carbocycles. The lowest BCUT2D eigenvalue weighted by Gasteiger charge is -2.46. The second-order valence-electron chi connectivity index (χ2n) is 9.27. The number of carbonyl (C=O) groups excluding carboxylic acids is 1. The van der Waals surface area contributed by atoms with E-state index in [1.807, 2.05) is 35.2 Å². The normalized spacial score (nSPS) is 23.8. The molecule has 2 aliphatic heterocycles. The summed E-state index contributed by atoms with van der Waals surface area (Å²) in [6.07, 6.45) is 7.43. The van der Waals surface area contributed by atoms with Crippen LogP contribution in [-0.4, -0.2) is 43.7 Å². The molecule has 0 radical (unpaired) electrons. The van der Waals surface area contributed by atoms with Gasteiger partial charge in [0.2, 0.25) is 5.91 Å². The van der Waals surface area contributed by atoms with Crippen LogP contribution >= 0.6 is 11.6 Å². The molecule has 1 spiro atoms. The van der Waals surface area contributed by atoms with E-state index in [-0.39, 0.29) is 17.9 Å². The highest BCUT2D eigenvalue weighted by Crippen LogP contribution is 2.45. The topological polar surface area (TPSA) is 50.8 Å². The minimum absolute atomic E-state index is 0.146. The van der Waals surface area contributed by atoms with Crippen molar-refractivity contribution >= 4 is 23.6 Å². The Morgan fingerprint density at radius 3 is 2.94 bits per heavy atom. The molecule has 3 aliphatic rings. The van der Waals surface area contributed by atoms with Crippen LogP contribution in [0.3, 0.4) is 0 Å². The van der Waals surface area contributed by atoms with Crippen molar-refractivity contribution < 1.29 is 14.3 Å². The monoisotopic (exact) mass is 466 g/mol. The van der Waals surface area contributed by atoms with Crippen LogP contribution in [0.4, 0.5) is 0 Å². The number of halogens is 1. The number of methoxy groups -OCH3 is 1. The summed E-state index contributed by atoms with van der Waals surface area (Å²) in [6, 6.07) is 14.6. The minimum Gasteiger partial charge on any atom is -0.489 e. The van der Waals surface area contributed by atoms with E-state index in [4.69, 9.17) is 21.1 Å². The van der Waals surface area contributed by atoms with Crippen LogP contribution in [-0.2, 0) is 32.8 Å². The van der Waals surface area contributed by atoms with Gasteiger partial charge in [0.15, 0.2) is 0 Å². The fourth-order valence-electron chi connectivity index (χ4n) is 5.21. The molecule has 2 atom stereocenters. The van der Waals surface area contributed by atoms with Crippen LogP contribution in [0.15, 0.2) is 48.7 Å². The fourth-order valence-corrected chi connectivity index (χ4v) is 5.39. The molecule has 174 valence electrons. The fraction of sp³-hybridized carbons (Fsp3) is 0.444. The standard InChI is InChI=1S/C27H31ClN2O3/c1-32-14-10-19-6-9-25(28)21(16-19)18-30(22-7-8-22)26(31)24-17-29-13-12-27(24)23-5-3-2-4-20(23)11-15-33-27/h2-6,9,11,15-16,22,24,29H,7-8,10,12-14,17-18H2,1H3. The van der Waals surface area contributed by atoms with Crippen LogP contribution in [0.5, 0.6) is 0 Å². The molecule has 0 bridgehead atoms. The molecule has 2 fully saturated rings. The van der Waals surface area contributed by atoms with E-state index in [1.165, 1.54) is 5.56 Å². The zero-order valence-electron chi connectivity index (χ0n) is 19.1. The summed E-state index contributed by atoms with van der Waals surface area (Å²) in [5.74, 6) is -0.151. The summed E-state index contributed by atoms with van der Waals surface area (Å²) in [6.45, 7) is 2.61. The van der Waals surface area contributed by atoms with E-state index < -0.39 is 5.60 Å². The third kappa shape index (κ3) is 4.42. The lowest BCUT2D eigenvalue weighted by molar-refractivity contribution is -0.151. The average Bonchev–Trinajstić information content (AvgIpc) is 3.68. The van der Waals surface area contributed by atoms with Gasteiger partial charge in [0.05, 0.1) is 18.8 Å². The number of piperidine rings is 1. The Labute approximate surface area is 200 Å². The SMILES string of the molecule is COCCc1ccc(Cl)c(CN(C(=O)C2CNCCC23OC=Cc2ccccc23)C2CC2)c1. The Bertz CT molecular complexity index is 1050. The highest BCUT2D eigenvalue weighted by atomic mass is 35.5. The van der Waals surface area contributed by atoms with Crippen LogP contribution in [0.2, 0.25) is 5.02 Å². The molecule has 1 amide bonds. The van der Waals surface area contributed by atoms with Gasteiger partial charge in [-0.25, -0.2) is 0 Å². The lowest BCUT2D eigenvalue weighted by Crippen LogP contribution is -2.56. The van der Waals surface area contributed by atoms with Gasteiger partial charge in [0.1, 0.15) is 5.60 Å². The van der Waals surface area contributed by atoms with Crippen molar-refractivity contribution in [1.29, 1.82) is 0 Å². The van der Waals surface area contributed by atoms with Gasteiger partial charge in [-0.1, -0.05) is 48.0 Å². The smallest absolute Gasteiger partial charge is 0.231 e. The number of ether oxygens (including phenoxy) is 2. The minimum atomic E-state index is -0.634. The molecule has 1 saturated heterocycles. The Morgan fingerprint density at radius 1 is 1.27 bits per heavy atom. The second kappa shape index (κ2) is 9.49. The molecule has 0 aromatic heterocycles. The largest absolute Gasteiger partial charge is 0.489 e. The second-order valence-corrected chi connectivity index (χ2v) is 9.68. The van der Waals surface area contributed by atoms with Gasteiger partial charge in [-0.15, -0.1) is 0 Å². The number of amides is 1. The number of nitrogens with one attached hydrogen (secondary N) is 1. The Hall–Kier alpha value is -2.34. The number of rotatable bonds is 7. The number of hydrogen-bond donors (Lipinski definition) is 1. The number of hydrogen-bond acceptors (Lipinski definition) is 4. The van der Waals surface area contributed by atoms with E-state index in [9.17, 15) is 4.79 Å². The molecule has 33 heavy (non-hydrogen) atoms. The van der Waals surface area contributed by atoms with Crippen molar-refractivity contribution in [3.63, 3.8) is 0 Å². The van der Waals surface area contributed by atoms with Crippen molar-refractivity contribution in [3.8, 4) is 0 Å². The highest BCUT2D eigenvalue weighted by Gasteiger charge is 2.52. The lowest BCUT2D eigenvalue weighted by atomic mass is 9.73. The van der Waals surface area contributed by atoms with Crippen LogP contribution in [0.25, 0.3) is 6.08 Å². The number of nitrogens with zero attached hydrogens (tertiary/aromatic N) is 1. The molecule has 1 N–H and O–H groups in total. The summed E-state index contributed by atoms with van der Waals surface area (Å²) < 4.78 is 11.6. The number of carbonyl (C=O) groups is 1. The summed E-state index contributed by atoms with van der Waals surface area (Å²) >= 11 is 6.58. The van der Waals surface area contributed by atoms with Gasteiger partial charge >= 0.3 is 0 Å². The number of benzene rings is 2. The van der Waals surface area contributed by atoms with Gasteiger partial charge in [-0.3, -0.25) is 4.79 Å². The highest BCUT2D eigenvalue weighted by molar-refractivity contribution is 6.31. The molecule has 1 aliphatic carbocycles. The van der Waals surface area contributed by atoms with E-state index in [0.717, 1.165) is 48.9 Å². The predicted molar refractivity (Wildman–Crippen MR) is 130 cm³/mol. The zero-order valence-corrected chi connectivity index (χ0v) is 19.8. The van der Waals surface area contributed by atoms with Crippen LogP contribution < -0.4 is 5.32 Å². The molecule has 5 rings (SSSR count). The zero-order chi connectivity index (χ0) is 22.8. The predicted octanol–water partition coefficient (Wildman–Crippen LogP) is 4.53. The van der Waals surface area contributed by atoms with Crippen LogP contribution in [0.1, 0.15) is 41.5 Å². The van der Waals surface area contributed by atoms with Crippen LogP contribution in [0, 0.1) is 5.92 Å². The van der Waals surface area contributed by atoms with Gasteiger partial charge < -0.3 is 19.7 Å². The molecule has 2 unspecified atom stereocenters.